The van der Waals surface area contributed by atoms with Crippen LogP contribution < -0.4 is 5.32 Å². The Hall–Kier alpha value is -2.47. The molecule has 22 heavy (non-hydrogen) atoms. The SMILES string of the molecule is O=C(O)Nc1ccc(C(O)C2(c3ccccn3)CCC2)nc1. The van der Waals surface area contributed by atoms with Crippen LogP contribution in [0.1, 0.15) is 36.8 Å². The van der Waals surface area contributed by atoms with Gasteiger partial charge in [0.1, 0.15) is 6.10 Å². The van der Waals surface area contributed by atoms with Crippen molar-refractivity contribution in [2.75, 3.05) is 5.32 Å². The minimum Gasteiger partial charge on any atom is -0.465 e. The maximum Gasteiger partial charge on any atom is 0.409 e. The summed E-state index contributed by atoms with van der Waals surface area (Å²) in [6, 6.07) is 8.96. The Balaban J connectivity index is 1.86. The zero-order chi connectivity index (χ0) is 15.6. The van der Waals surface area contributed by atoms with Crippen LogP contribution in [0.15, 0.2) is 42.7 Å². The van der Waals surface area contributed by atoms with E-state index in [-0.39, 0.29) is 0 Å². The third-order valence-electron chi connectivity index (χ3n) is 4.26. The molecular formula is C16H17N3O3. The molecule has 3 N–H and O–H groups in total. The third kappa shape index (κ3) is 2.53. The highest BCUT2D eigenvalue weighted by Gasteiger charge is 2.47. The van der Waals surface area contributed by atoms with Gasteiger partial charge in [-0.2, -0.15) is 0 Å². The van der Waals surface area contributed by atoms with Crippen LogP contribution in [0.4, 0.5) is 10.5 Å². The molecule has 1 saturated carbocycles. The molecule has 6 heteroatoms. The van der Waals surface area contributed by atoms with E-state index in [0.717, 1.165) is 25.0 Å². The summed E-state index contributed by atoms with van der Waals surface area (Å²) in [5, 5.41) is 21.7. The predicted molar refractivity (Wildman–Crippen MR) is 80.6 cm³/mol. The first kappa shape index (κ1) is 14.5. The average Bonchev–Trinajstić information content (AvgIpc) is 2.47. The summed E-state index contributed by atoms with van der Waals surface area (Å²) in [6.07, 6.45) is 4.03. The predicted octanol–water partition coefficient (Wildman–Crippen LogP) is 2.72. The lowest BCUT2D eigenvalue weighted by Gasteiger charge is -2.44. The molecule has 6 nitrogen and oxygen atoms in total. The zero-order valence-corrected chi connectivity index (χ0v) is 11.9. The molecule has 1 unspecified atom stereocenters. The number of aliphatic hydroxyl groups excluding tert-OH is 1. The molecule has 3 rings (SSSR count). The third-order valence-corrected chi connectivity index (χ3v) is 4.26. The molecule has 1 aliphatic carbocycles. The molecule has 0 spiro atoms. The van der Waals surface area contributed by atoms with Crippen LogP contribution in [0, 0.1) is 0 Å². The first-order valence-electron chi connectivity index (χ1n) is 7.17. The molecule has 2 heterocycles. The number of carbonyl (C=O) groups is 1. The second-order valence-electron chi connectivity index (χ2n) is 5.53. The maximum atomic E-state index is 10.8. The average molecular weight is 299 g/mol. The van der Waals surface area contributed by atoms with Crippen molar-refractivity contribution in [3.8, 4) is 0 Å². The lowest BCUT2D eigenvalue weighted by atomic mass is 9.62. The van der Waals surface area contributed by atoms with E-state index in [4.69, 9.17) is 5.11 Å². The summed E-state index contributed by atoms with van der Waals surface area (Å²) >= 11 is 0. The van der Waals surface area contributed by atoms with Crippen LogP contribution in [0.2, 0.25) is 0 Å². The Labute approximate surface area is 127 Å². The number of rotatable bonds is 4. The fourth-order valence-corrected chi connectivity index (χ4v) is 2.93. The monoisotopic (exact) mass is 299 g/mol. The molecule has 1 amide bonds. The standard InChI is InChI=1S/C16H17N3O3/c20-14(12-6-5-11(10-18-12)19-15(21)22)16(7-3-8-16)13-4-1-2-9-17-13/h1-2,4-6,9-10,14,19-20H,3,7-8H2,(H,21,22). The number of nitrogens with zero attached hydrogens (tertiary/aromatic N) is 2. The summed E-state index contributed by atoms with van der Waals surface area (Å²) in [5.41, 5.74) is 1.39. The van der Waals surface area contributed by atoms with Gasteiger partial charge in [-0.25, -0.2) is 4.79 Å². The number of aliphatic hydroxyl groups is 1. The highest BCUT2D eigenvalue weighted by atomic mass is 16.4. The van der Waals surface area contributed by atoms with Crippen molar-refractivity contribution >= 4 is 11.8 Å². The molecule has 1 fully saturated rings. The number of hydrogen-bond acceptors (Lipinski definition) is 4. The van der Waals surface area contributed by atoms with Gasteiger partial charge in [0.2, 0.25) is 0 Å². The number of amides is 1. The van der Waals surface area contributed by atoms with Gasteiger partial charge >= 0.3 is 6.09 Å². The largest absolute Gasteiger partial charge is 0.465 e. The second kappa shape index (κ2) is 5.73. The fourth-order valence-electron chi connectivity index (χ4n) is 2.93. The van der Waals surface area contributed by atoms with E-state index in [2.05, 4.69) is 15.3 Å². The maximum absolute atomic E-state index is 10.8. The van der Waals surface area contributed by atoms with Crippen molar-refractivity contribution < 1.29 is 15.0 Å². The zero-order valence-electron chi connectivity index (χ0n) is 11.9. The summed E-state index contributed by atoms with van der Waals surface area (Å²) in [7, 11) is 0. The smallest absolute Gasteiger partial charge is 0.409 e. The van der Waals surface area contributed by atoms with E-state index in [1.54, 1.807) is 18.3 Å². The lowest BCUT2D eigenvalue weighted by Crippen LogP contribution is -2.41. The van der Waals surface area contributed by atoms with Gasteiger partial charge in [0.05, 0.1) is 17.6 Å². The molecule has 114 valence electrons. The second-order valence-corrected chi connectivity index (χ2v) is 5.53. The van der Waals surface area contributed by atoms with Crippen molar-refractivity contribution in [1.82, 2.24) is 9.97 Å². The molecule has 1 atom stereocenters. The van der Waals surface area contributed by atoms with Crippen LogP contribution >= 0.6 is 0 Å². The Morgan fingerprint density at radius 2 is 2.05 bits per heavy atom. The van der Waals surface area contributed by atoms with Gasteiger partial charge < -0.3 is 10.2 Å². The minimum absolute atomic E-state index is 0.379. The van der Waals surface area contributed by atoms with Gasteiger partial charge in [0.15, 0.2) is 0 Å². The normalized spacial score (nSPS) is 17.3. The first-order chi connectivity index (χ1) is 10.6. The highest BCUT2D eigenvalue weighted by molar-refractivity contribution is 5.82. The van der Waals surface area contributed by atoms with Gasteiger partial charge in [0, 0.05) is 17.3 Å². The first-order valence-corrected chi connectivity index (χ1v) is 7.17. The van der Waals surface area contributed by atoms with E-state index < -0.39 is 17.6 Å². The van der Waals surface area contributed by atoms with E-state index in [1.165, 1.54) is 6.20 Å². The minimum atomic E-state index is -1.14. The van der Waals surface area contributed by atoms with Crippen LogP contribution in [-0.2, 0) is 5.41 Å². The van der Waals surface area contributed by atoms with E-state index >= 15 is 0 Å². The number of aromatic nitrogens is 2. The highest BCUT2D eigenvalue weighted by Crippen LogP contribution is 2.51. The molecule has 0 saturated heterocycles. The van der Waals surface area contributed by atoms with Gasteiger partial charge in [-0.3, -0.25) is 15.3 Å². The quantitative estimate of drug-likeness (QED) is 0.806. The van der Waals surface area contributed by atoms with E-state index in [9.17, 15) is 9.90 Å². The summed E-state index contributed by atoms with van der Waals surface area (Å²) in [4.78, 5) is 19.2. The Morgan fingerprint density at radius 3 is 2.55 bits per heavy atom. The molecule has 1 aliphatic rings. The van der Waals surface area contributed by atoms with Crippen molar-refractivity contribution in [2.45, 2.75) is 30.8 Å². The molecule has 2 aromatic rings. The number of hydrogen-bond donors (Lipinski definition) is 3. The van der Waals surface area contributed by atoms with Crippen molar-refractivity contribution in [1.29, 1.82) is 0 Å². The van der Waals surface area contributed by atoms with Crippen molar-refractivity contribution in [3.63, 3.8) is 0 Å². The van der Waals surface area contributed by atoms with E-state index in [1.807, 2.05) is 18.2 Å². The Kier molecular flexibility index (Phi) is 3.77. The molecule has 0 radical (unpaired) electrons. The molecular weight excluding hydrogens is 282 g/mol. The summed E-state index contributed by atoms with van der Waals surface area (Å²) < 4.78 is 0. The summed E-state index contributed by atoms with van der Waals surface area (Å²) in [6.45, 7) is 0. The van der Waals surface area contributed by atoms with Crippen molar-refractivity contribution in [2.24, 2.45) is 0 Å². The van der Waals surface area contributed by atoms with Crippen LogP contribution in [0.25, 0.3) is 0 Å². The van der Waals surface area contributed by atoms with Gasteiger partial charge in [-0.15, -0.1) is 0 Å². The molecule has 0 bridgehead atoms. The fraction of sp³-hybridized carbons (Fsp3) is 0.312. The summed E-state index contributed by atoms with van der Waals surface area (Å²) in [5.74, 6) is 0. The number of anilines is 1. The van der Waals surface area contributed by atoms with Gasteiger partial charge in [-0.1, -0.05) is 12.5 Å². The number of pyridine rings is 2. The van der Waals surface area contributed by atoms with Gasteiger partial charge in [-0.05, 0) is 37.1 Å². The molecule has 2 aromatic heterocycles. The molecule has 0 aromatic carbocycles. The van der Waals surface area contributed by atoms with E-state index in [0.29, 0.717) is 11.4 Å². The number of nitrogens with one attached hydrogen (secondary N) is 1. The Bertz CT molecular complexity index is 654. The van der Waals surface area contributed by atoms with Gasteiger partial charge in [0.25, 0.3) is 0 Å². The topological polar surface area (TPSA) is 95.3 Å². The Morgan fingerprint density at radius 1 is 1.23 bits per heavy atom. The number of carboxylic acid groups (broad SMARTS) is 1. The molecule has 0 aliphatic heterocycles. The van der Waals surface area contributed by atoms with Crippen LogP contribution in [0.5, 0.6) is 0 Å². The van der Waals surface area contributed by atoms with Crippen LogP contribution in [-0.4, -0.2) is 26.3 Å². The van der Waals surface area contributed by atoms with Crippen LogP contribution in [0.3, 0.4) is 0 Å². The lowest BCUT2D eigenvalue weighted by molar-refractivity contribution is 0.0210. The van der Waals surface area contributed by atoms with Crippen molar-refractivity contribution in [3.05, 3.63) is 54.1 Å².